The molecule has 152 valence electrons. The third kappa shape index (κ3) is 4.00. The van der Waals surface area contributed by atoms with Gasteiger partial charge in [0.2, 0.25) is 0 Å². The Bertz CT molecular complexity index is 1250. The van der Waals surface area contributed by atoms with Crippen LogP contribution in [0.5, 0.6) is 5.75 Å². The number of nitrogens with one attached hydrogen (secondary N) is 1. The summed E-state index contributed by atoms with van der Waals surface area (Å²) in [7, 11) is 1.91. The number of anilines is 1. The maximum absolute atomic E-state index is 14.4. The van der Waals surface area contributed by atoms with E-state index in [1.807, 2.05) is 24.6 Å². The lowest BCUT2D eigenvalue weighted by Crippen LogP contribution is -2.12. The van der Waals surface area contributed by atoms with Gasteiger partial charge in [-0.1, -0.05) is 12.1 Å². The van der Waals surface area contributed by atoms with E-state index in [4.69, 9.17) is 4.74 Å². The molecule has 0 atom stereocenters. The van der Waals surface area contributed by atoms with Gasteiger partial charge in [-0.3, -0.25) is 4.79 Å². The third-order valence-corrected chi connectivity index (χ3v) is 4.84. The Balaban J connectivity index is 1.45. The average Bonchev–Trinajstić information content (AvgIpc) is 3.00. The van der Waals surface area contributed by atoms with Crippen LogP contribution in [0.2, 0.25) is 0 Å². The van der Waals surface area contributed by atoms with Crippen LogP contribution in [0.25, 0.3) is 11.0 Å². The summed E-state index contributed by atoms with van der Waals surface area (Å²) in [6, 6.07) is 15.3. The van der Waals surface area contributed by atoms with Gasteiger partial charge in [0.05, 0.1) is 11.0 Å². The second kappa shape index (κ2) is 7.94. The molecule has 30 heavy (non-hydrogen) atoms. The first-order chi connectivity index (χ1) is 14.4. The molecular formula is C23H19F2N3O2. The molecule has 1 aromatic heterocycles. The molecule has 0 aliphatic heterocycles. The van der Waals surface area contributed by atoms with Crippen molar-refractivity contribution in [3.05, 3.63) is 89.2 Å². The SMILES string of the molecule is Cc1nc2cc(C(=O)Nc3ccc(OCc4cccc(F)c4)c(F)c3)ccc2n1C. The van der Waals surface area contributed by atoms with Crippen molar-refractivity contribution < 1.29 is 18.3 Å². The summed E-state index contributed by atoms with van der Waals surface area (Å²) in [6.07, 6.45) is 0. The Morgan fingerprint density at radius 3 is 2.70 bits per heavy atom. The maximum atomic E-state index is 14.4. The number of hydrogen-bond acceptors (Lipinski definition) is 3. The summed E-state index contributed by atoms with van der Waals surface area (Å²) >= 11 is 0. The zero-order valence-corrected chi connectivity index (χ0v) is 16.4. The summed E-state index contributed by atoms with van der Waals surface area (Å²) in [4.78, 5) is 17.0. The molecule has 3 aromatic carbocycles. The molecule has 0 saturated heterocycles. The van der Waals surface area contributed by atoms with Crippen molar-refractivity contribution in [1.82, 2.24) is 9.55 Å². The molecule has 1 heterocycles. The second-order valence-electron chi connectivity index (χ2n) is 6.94. The fourth-order valence-corrected chi connectivity index (χ4v) is 3.15. The van der Waals surface area contributed by atoms with Gasteiger partial charge in [-0.15, -0.1) is 0 Å². The molecule has 0 saturated carbocycles. The molecule has 4 rings (SSSR count). The average molecular weight is 407 g/mol. The molecule has 0 spiro atoms. The van der Waals surface area contributed by atoms with Crippen molar-refractivity contribution >= 4 is 22.6 Å². The number of carbonyl (C=O) groups excluding carboxylic acids is 1. The number of carbonyl (C=O) groups is 1. The molecule has 0 unspecified atom stereocenters. The Morgan fingerprint density at radius 2 is 1.93 bits per heavy atom. The van der Waals surface area contributed by atoms with E-state index in [0.29, 0.717) is 16.8 Å². The van der Waals surface area contributed by atoms with Crippen molar-refractivity contribution in [3.63, 3.8) is 0 Å². The van der Waals surface area contributed by atoms with E-state index < -0.39 is 5.82 Å². The number of aromatic nitrogens is 2. The van der Waals surface area contributed by atoms with E-state index in [0.717, 1.165) is 16.9 Å². The highest BCUT2D eigenvalue weighted by Gasteiger charge is 2.12. The lowest BCUT2D eigenvalue weighted by Gasteiger charge is -2.10. The zero-order valence-electron chi connectivity index (χ0n) is 16.4. The van der Waals surface area contributed by atoms with Crippen molar-refractivity contribution in [2.75, 3.05) is 5.32 Å². The zero-order chi connectivity index (χ0) is 21.3. The van der Waals surface area contributed by atoms with Gasteiger partial charge in [0, 0.05) is 24.4 Å². The Hall–Kier alpha value is -3.74. The molecule has 0 bridgehead atoms. The summed E-state index contributed by atoms with van der Waals surface area (Å²) in [5.41, 5.74) is 2.96. The molecular weight excluding hydrogens is 388 g/mol. The van der Waals surface area contributed by atoms with E-state index in [9.17, 15) is 13.6 Å². The number of halogens is 2. The largest absolute Gasteiger partial charge is 0.486 e. The fourth-order valence-electron chi connectivity index (χ4n) is 3.15. The molecule has 1 N–H and O–H groups in total. The molecule has 0 aliphatic carbocycles. The molecule has 1 amide bonds. The highest BCUT2D eigenvalue weighted by Crippen LogP contribution is 2.23. The monoisotopic (exact) mass is 407 g/mol. The molecule has 7 heteroatoms. The number of benzene rings is 3. The predicted octanol–water partition coefficient (Wildman–Crippen LogP) is 4.99. The van der Waals surface area contributed by atoms with Crippen LogP contribution in [-0.2, 0) is 13.7 Å². The number of hydrogen-bond donors (Lipinski definition) is 1. The third-order valence-electron chi connectivity index (χ3n) is 4.84. The number of aryl methyl sites for hydroxylation is 2. The van der Waals surface area contributed by atoms with Crippen LogP contribution in [0, 0.1) is 18.6 Å². The number of imidazole rings is 1. The quantitative estimate of drug-likeness (QED) is 0.507. The van der Waals surface area contributed by atoms with Crippen molar-refractivity contribution in [1.29, 1.82) is 0 Å². The molecule has 4 aromatic rings. The number of ether oxygens (including phenoxy) is 1. The van der Waals surface area contributed by atoms with Crippen molar-refractivity contribution in [2.45, 2.75) is 13.5 Å². The predicted molar refractivity (Wildman–Crippen MR) is 111 cm³/mol. The lowest BCUT2D eigenvalue weighted by atomic mass is 10.1. The Labute approximate surface area is 171 Å². The van der Waals surface area contributed by atoms with Crippen molar-refractivity contribution in [2.24, 2.45) is 7.05 Å². The minimum absolute atomic E-state index is 0.0163. The summed E-state index contributed by atoms with van der Waals surface area (Å²) in [5, 5.41) is 2.67. The Morgan fingerprint density at radius 1 is 1.10 bits per heavy atom. The van der Waals surface area contributed by atoms with E-state index >= 15 is 0 Å². The summed E-state index contributed by atoms with van der Waals surface area (Å²) < 4.78 is 35.0. The minimum Gasteiger partial charge on any atom is -0.486 e. The van der Waals surface area contributed by atoms with Gasteiger partial charge in [-0.25, -0.2) is 13.8 Å². The van der Waals surface area contributed by atoms with Crippen LogP contribution in [0.1, 0.15) is 21.7 Å². The van der Waals surface area contributed by atoms with E-state index in [-0.39, 0.29) is 24.1 Å². The number of fused-ring (bicyclic) bond motifs is 1. The molecule has 0 radical (unpaired) electrons. The maximum Gasteiger partial charge on any atom is 0.255 e. The number of nitrogens with zero attached hydrogens (tertiary/aromatic N) is 2. The van der Waals surface area contributed by atoms with Crippen molar-refractivity contribution in [3.8, 4) is 5.75 Å². The first-order valence-corrected chi connectivity index (χ1v) is 9.32. The second-order valence-corrected chi connectivity index (χ2v) is 6.94. The minimum atomic E-state index is -0.625. The standard InChI is InChI=1S/C23H19F2N3O2/c1-14-26-20-11-16(6-8-21(20)28(14)2)23(29)27-18-7-9-22(19(25)12-18)30-13-15-4-3-5-17(24)10-15/h3-12H,13H2,1-2H3,(H,27,29). The van der Waals surface area contributed by atoms with Gasteiger partial charge < -0.3 is 14.6 Å². The first kappa shape index (κ1) is 19.6. The van der Waals surface area contributed by atoms with Crippen LogP contribution in [0.4, 0.5) is 14.5 Å². The summed E-state index contributed by atoms with van der Waals surface area (Å²) in [6.45, 7) is 1.92. The number of rotatable bonds is 5. The van der Waals surface area contributed by atoms with Gasteiger partial charge >= 0.3 is 0 Å². The van der Waals surface area contributed by atoms with Gasteiger partial charge in [0.1, 0.15) is 18.2 Å². The normalized spacial score (nSPS) is 10.9. The molecule has 0 aliphatic rings. The van der Waals surface area contributed by atoms with Gasteiger partial charge in [0.15, 0.2) is 11.6 Å². The van der Waals surface area contributed by atoms with E-state index in [1.54, 1.807) is 30.3 Å². The van der Waals surface area contributed by atoms with E-state index in [1.165, 1.54) is 24.3 Å². The lowest BCUT2D eigenvalue weighted by molar-refractivity contribution is 0.102. The van der Waals surface area contributed by atoms with Crippen LogP contribution in [0.3, 0.4) is 0 Å². The fraction of sp³-hybridized carbons (Fsp3) is 0.130. The van der Waals surface area contributed by atoms with Crippen LogP contribution in [-0.4, -0.2) is 15.5 Å². The molecule has 5 nitrogen and oxygen atoms in total. The van der Waals surface area contributed by atoms with Crippen LogP contribution < -0.4 is 10.1 Å². The summed E-state index contributed by atoms with van der Waals surface area (Å²) in [5.74, 6) is -0.511. The highest BCUT2D eigenvalue weighted by atomic mass is 19.1. The highest BCUT2D eigenvalue weighted by molar-refractivity contribution is 6.06. The number of amides is 1. The molecule has 0 fully saturated rings. The van der Waals surface area contributed by atoms with Crippen LogP contribution in [0.15, 0.2) is 60.7 Å². The van der Waals surface area contributed by atoms with Gasteiger partial charge in [-0.2, -0.15) is 0 Å². The van der Waals surface area contributed by atoms with E-state index in [2.05, 4.69) is 10.3 Å². The van der Waals surface area contributed by atoms with Crippen LogP contribution >= 0.6 is 0 Å². The topological polar surface area (TPSA) is 56.1 Å². The van der Waals surface area contributed by atoms with Gasteiger partial charge in [0.25, 0.3) is 5.91 Å². The van der Waals surface area contributed by atoms with Gasteiger partial charge in [-0.05, 0) is 55.0 Å². The smallest absolute Gasteiger partial charge is 0.255 e. The Kier molecular flexibility index (Phi) is 5.18. The first-order valence-electron chi connectivity index (χ1n) is 9.32.